The van der Waals surface area contributed by atoms with Gasteiger partial charge in [0.2, 0.25) is 0 Å². The smallest absolute Gasteiger partial charge is 0.0413 e. The summed E-state index contributed by atoms with van der Waals surface area (Å²) < 4.78 is 0. The summed E-state index contributed by atoms with van der Waals surface area (Å²) in [6.07, 6.45) is 2.39. The van der Waals surface area contributed by atoms with E-state index in [2.05, 4.69) is 93.4 Å². The zero-order valence-electron chi connectivity index (χ0n) is 17.1. The minimum Gasteiger partial charge on any atom is -0.366 e. The molecule has 2 nitrogen and oxygen atoms in total. The maximum atomic E-state index is 3.67. The zero-order chi connectivity index (χ0) is 18.8. The van der Waals surface area contributed by atoms with Crippen molar-refractivity contribution in [3.63, 3.8) is 0 Å². The lowest BCUT2D eigenvalue weighted by Gasteiger charge is -2.37. The summed E-state index contributed by atoms with van der Waals surface area (Å²) in [5.74, 6) is 0. The van der Waals surface area contributed by atoms with Crippen LogP contribution in [0.1, 0.15) is 64.2 Å². The maximum absolute atomic E-state index is 3.67. The lowest BCUT2D eigenvalue weighted by atomic mass is 9.75. The Labute approximate surface area is 159 Å². The Morgan fingerprint density at radius 3 is 2.23 bits per heavy atom. The van der Waals surface area contributed by atoms with Crippen LogP contribution in [0.15, 0.2) is 48.5 Å². The van der Waals surface area contributed by atoms with Gasteiger partial charge in [0.15, 0.2) is 0 Å². The van der Waals surface area contributed by atoms with E-state index >= 15 is 0 Å². The number of benzene rings is 2. The molecule has 0 radical (unpaired) electrons. The fraction of sp³-hybridized carbons (Fsp3) is 0.500. The second kappa shape index (κ2) is 7.44. The molecule has 0 bridgehead atoms. The predicted molar refractivity (Wildman–Crippen MR) is 113 cm³/mol. The number of fused-ring (bicyclic) bond motifs is 1. The predicted octanol–water partition coefficient (Wildman–Crippen LogP) is 5.65. The Morgan fingerprint density at radius 2 is 1.62 bits per heavy atom. The average molecular weight is 351 g/mol. The molecule has 0 saturated carbocycles. The van der Waals surface area contributed by atoms with Crippen molar-refractivity contribution >= 4 is 5.69 Å². The van der Waals surface area contributed by atoms with Crippen LogP contribution in [0, 0.1) is 0 Å². The van der Waals surface area contributed by atoms with Crippen LogP contribution in [0.2, 0.25) is 0 Å². The third-order valence-electron chi connectivity index (χ3n) is 6.06. The molecule has 0 amide bonds. The van der Waals surface area contributed by atoms with Gasteiger partial charge >= 0.3 is 0 Å². The highest BCUT2D eigenvalue weighted by Crippen LogP contribution is 2.49. The number of nitrogens with zero attached hydrogens (tertiary/aromatic N) is 1. The summed E-state index contributed by atoms with van der Waals surface area (Å²) in [4.78, 5) is 2.62. The SMILES string of the molecule is CCC1(CC)CN(C(C)(C)C)c2cccc(CNCc3ccccc3)c21. The van der Waals surface area contributed by atoms with Crippen LogP contribution in [-0.2, 0) is 18.5 Å². The quantitative estimate of drug-likeness (QED) is 0.724. The van der Waals surface area contributed by atoms with Crippen LogP contribution in [0.25, 0.3) is 0 Å². The molecule has 0 unspecified atom stereocenters. The van der Waals surface area contributed by atoms with E-state index in [4.69, 9.17) is 0 Å². The first-order chi connectivity index (χ1) is 12.4. The monoisotopic (exact) mass is 350 g/mol. The van der Waals surface area contributed by atoms with Gasteiger partial charge in [-0.15, -0.1) is 0 Å². The summed E-state index contributed by atoms with van der Waals surface area (Å²) in [6.45, 7) is 14.7. The van der Waals surface area contributed by atoms with Crippen LogP contribution >= 0.6 is 0 Å². The van der Waals surface area contributed by atoms with E-state index in [-0.39, 0.29) is 11.0 Å². The highest BCUT2D eigenvalue weighted by Gasteiger charge is 2.44. The zero-order valence-corrected chi connectivity index (χ0v) is 17.1. The van der Waals surface area contributed by atoms with E-state index in [1.165, 1.54) is 29.7 Å². The van der Waals surface area contributed by atoms with Crippen molar-refractivity contribution in [1.29, 1.82) is 0 Å². The highest BCUT2D eigenvalue weighted by atomic mass is 15.2. The van der Waals surface area contributed by atoms with Gasteiger partial charge in [-0.25, -0.2) is 0 Å². The van der Waals surface area contributed by atoms with E-state index in [1.807, 2.05) is 0 Å². The van der Waals surface area contributed by atoms with E-state index in [0.717, 1.165) is 19.6 Å². The Bertz CT molecular complexity index is 724. The summed E-state index contributed by atoms with van der Waals surface area (Å²) in [7, 11) is 0. The molecule has 0 aromatic heterocycles. The summed E-state index contributed by atoms with van der Waals surface area (Å²) in [5.41, 5.74) is 6.26. The molecular weight excluding hydrogens is 316 g/mol. The van der Waals surface area contributed by atoms with Gasteiger partial charge in [-0.05, 0) is 56.4 Å². The molecule has 0 atom stereocenters. The molecule has 0 spiro atoms. The van der Waals surface area contributed by atoms with E-state index in [9.17, 15) is 0 Å². The third-order valence-corrected chi connectivity index (χ3v) is 6.06. The maximum Gasteiger partial charge on any atom is 0.0413 e. The molecule has 2 heteroatoms. The normalized spacial score (nSPS) is 16.0. The lowest BCUT2D eigenvalue weighted by Crippen LogP contribution is -2.44. The fourth-order valence-electron chi connectivity index (χ4n) is 4.40. The molecule has 0 fully saturated rings. The summed E-state index contributed by atoms with van der Waals surface area (Å²) in [6, 6.07) is 17.6. The molecule has 2 aromatic carbocycles. The van der Waals surface area contributed by atoms with E-state index in [1.54, 1.807) is 5.56 Å². The minimum absolute atomic E-state index is 0.150. The van der Waals surface area contributed by atoms with Crippen molar-refractivity contribution < 1.29 is 0 Å². The molecule has 1 heterocycles. The Balaban J connectivity index is 1.90. The summed E-state index contributed by atoms with van der Waals surface area (Å²) >= 11 is 0. The second-order valence-corrected chi connectivity index (χ2v) is 8.64. The molecule has 140 valence electrons. The average Bonchev–Trinajstić information content (AvgIpc) is 2.99. The van der Waals surface area contributed by atoms with Crippen molar-refractivity contribution in [1.82, 2.24) is 5.32 Å². The first-order valence-electron chi connectivity index (χ1n) is 10.1. The van der Waals surface area contributed by atoms with Crippen molar-refractivity contribution in [2.75, 3.05) is 11.4 Å². The van der Waals surface area contributed by atoms with Gasteiger partial charge in [0, 0.05) is 36.3 Å². The van der Waals surface area contributed by atoms with Crippen molar-refractivity contribution in [3.8, 4) is 0 Å². The molecule has 3 rings (SSSR count). The molecule has 2 aromatic rings. The minimum atomic E-state index is 0.150. The number of hydrogen-bond donors (Lipinski definition) is 1. The Hall–Kier alpha value is -1.80. The van der Waals surface area contributed by atoms with Gasteiger partial charge in [0.1, 0.15) is 0 Å². The molecule has 0 saturated heterocycles. The van der Waals surface area contributed by atoms with Crippen LogP contribution in [0.3, 0.4) is 0 Å². The number of anilines is 1. The molecule has 1 aliphatic rings. The standard InChI is InChI=1S/C24H34N2/c1-6-24(7-2)18-26(23(3,4)5)21-15-11-14-20(22(21)24)17-25-16-19-12-9-8-10-13-19/h8-15,25H,6-7,16-18H2,1-5H3. The van der Waals surface area contributed by atoms with Gasteiger partial charge in [0.05, 0.1) is 0 Å². The molecule has 0 aliphatic carbocycles. The van der Waals surface area contributed by atoms with Gasteiger partial charge < -0.3 is 10.2 Å². The van der Waals surface area contributed by atoms with Gasteiger partial charge in [-0.2, -0.15) is 0 Å². The van der Waals surface area contributed by atoms with E-state index < -0.39 is 0 Å². The summed E-state index contributed by atoms with van der Waals surface area (Å²) in [5, 5.41) is 3.67. The van der Waals surface area contributed by atoms with Crippen LogP contribution < -0.4 is 10.2 Å². The molecule has 26 heavy (non-hydrogen) atoms. The van der Waals surface area contributed by atoms with Crippen molar-refractivity contribution in [3.05, 3.63) is 65.2 Å². The number of nitrogens with one attached hydrogen (secondary N) is 1. The van der Waals surface area contributed by atoms with Gasteiger partial charge in [-0.3, -0.25) is 0 Å². The van der Waals surface area contributed by atoms with Crippen LogP contribution in [0.5, 0.6) is 0 Å². The van der Waals surface area contributed by atoms with Gasteiger partial charge in [-0.1, -0.05) is 56.3 Å². The van der Waals surface area contributed by atoms with Crippen LogP contribution in [0.4, 0.5) is 5.69 Å². The van der Waals surface area contributed by atoms with Crippen molar-refractivity contribution in [2.24, 2.45) is 0 Å². The number of hydrogen-bond acceptors (Lipinski definition) is 2. The third kappa shape index (κ3) is 3.53. The highest BCUT2D eigenvalue weighted by molar-refractivity contribution is 5.67. The number of rotatable bonds is 6. The Kier molecular flexibility index (Phi) is 5.43. The Morgan fingerprint density at radius 1 is 0.923 bits per heavy atom. The fourth-order valence-corrected chi connectivity index (χ4v) is 4.40. The first kappa shape index (κ1) is 19.0. The first-order valence-corrected chi connectivity index (χ1v) is 10.1. The molecular formula is C24H34N2. The lowest BCUT2D eigenvalue weighted by molar-refractivity contribution is 0.385. The molecule has 1 N–H and O–H groups in total. The van der Waals surface area contributed by atoms with E-state index in [0.29, 0.717) is 0 Å². The van der Waals surface area contributed by atoms with Crippen molar-refractivity contribution in [2.45, 2.75) is 71.5 Å². The topological polar surface area (TPSA) is 15.3 Å². The molecule has 1 aliphatic heterocycles. The largest absolute Gasteiger partial charge is 0.366 e. The van der Waals surface area contributed by atoms with Crippen LogP contribution in [-0.4, -0.2) is 12.1 Å². The van der Waals surface area contributed by atoms with Gasteiger partial charge in [0.25, 0.3) is 0 Å². The second-order valence-electron chi connectivity index (χ2n) is 8.64.